The van der Waals surface area contributed by atoms with Crippen molar-refractivity contribution in [2.75, 3.05) is 36.9 Å². The molecule has 1 fully saturated rings. The fourth-order valence-electron chi connectivity index (χ4n) is 4.50. The Morgan fingerprint density at radius 1 is 1.00 bits per heavy atom. The number of benzene rings is 1. The van der Waals surface area contributed by atoms with Crippen LogP contribution in [0, 0.1) is 0 Å². The maximum Gasteiger partial charge on any atom is 0.228 e. The van der Waals surface area contributed by atoms with E-state index in [2.05, 4.69) is 43.7 Å². The van der Waals surface area contributed by atoms with Crippen molar-refractivity contribution in [2.45, 2.75) is 18.9 Å². The molecule has 2 aliphatic rings. The van der Waals surface area contributed by atoms with Crippen LogP contribution in [0.15, 0.2) is 43.0 Å². The summed E-state index contributed by atoms with van der Waals surface area (Å²) in [6, 6.07) is 8.82. The van der Waals surface area contributed by atoms with Crippen LogP contribution in [0.5, 0.6) is 0 Å². The minimum absolute atomic E-state index is 0.207. The van der Waals surface area contributed by atoms with Gasteiger partial charge in [0.05, 0.1) is 38.0 Å². The van der Waals surface area contributed by atoms with Gasteiger partial charge in [0.25, 0.3) is 0 Å². The average molecular weight is 414 g/mol. The summed E-state index contributed by atoms with van der Waals surface area (Å²) in [7, 11) is 0. The van der Waals surface area contributed by atoms with E-state index in [0.717, 1.165) is 37.1 Å². The molecule has 1 unspecified atom stereocenters. The van der Waals surface area contributed by atoms with E-state index in [9.17, 15) is 0 Å². The zero-order chi connectivity index (χ0) is 20.8. The zero-order valence-corrected chi connectivity index (χ0v) is 17.0. The highest BCUT2D eigenvalue weighted by molar-refractivity contribution is 5.87. The summed E-state index contributed by atoms with van der Waals surface area (Å²) in [4.78, 5) is 25.3. The number of ether oxygens (including phenoxy) is 1. The van der Waals surface area contributed by atoms with Crippen molar-refractivity contribution < 1.29 is 4.74 Å². The van der Waals surface area contributed by atoms with E-state index in [0.29, 0.717) is 36.4 Å². The van der Waals surface area contributed by atoms with Crippen LogP contribution in [0.1, 0.15) is 23.6 Å². The molecule has 1 atom stereocenters. The molecule has 9 nitrogen and oxygen atoms in total. The van der Waals surface area contributed by atoms with Crippen molar-refractivity contribution in [1.82, 2.24) is 29.5 Å². The fraction of sp³-hybridized carbons (Fsp3) is 0.318. The van der Waals surface area contributed by atoms with E-state index in [-0.39, 0.29) is 6.04 Å². The third-order valence-electron chi connectivity index (χ3n) is 6.05. The molecule has 2 N–H and O–H groups in total. The first-order valence-corrected chi connectivity index (χ1v) is 10.5. The van der Waals surface area contributed by atoms with Crippen molar-refractivity contribution in [3.63, 3.8) is 0 Å². The maximum atomic E-state index is 5.75. The molecule has 1 aliphatic carbocycles. The summed E-state index contributed by atoms with van der Waals surface area (Å²) in [5.74, 6) is 1.04. The Balaban J connectivity index is 1.54. The summed E-state index contributed by atoms with van der Waals surface area (Å²) in [5.41, 5.74) is 11.3. The zero-order valence-electron chi connectivity index (χ0n) is 17.0. The number of nitrogens with zero attached hydrogens (tertiary/aromatic N) is 7. The summed E-state index contributed by atoms with van der Waals surface area (Å²) in [6.45, 7) is 2.82. The topological polar surface area (TPSA) is 108 Å². The third kappa shape index (κ3) is 3.09. The molecule has 1 aliphatic heterocycles. The molecule has 4 aromatic rings. The number of rotatable bonds is 3. The number of hydrogen-bond acceptors (Lipinski definition) is 8. The largest absolute Gasteiger partial charge is 0.382 e. The SMILES string of the molecule is Nc1cnc(-c2nc(N3CCOCC3)nc3c2ncn3C2CCc3ccccc32)cn1. The van der Waals surface area contributed by atoms with Crippen molar-refractivity contribution >= 4 is 22.9 Å². The quantitative estimate of drug-likeness (QED) is 0.544. The van der Waals surface area contributed by atoms with Gasteiger partial charge in [-0.2, -0.15) is 4.98 Å². The van der Waals surface area contributed by atoms with Gasteiger partial charge in [-0.1, -0.05) is 24.3 Å². The predicted molar refractivity (Wildman–Crippen MR) is 117 cm³/mol. The molecule has 3 aromatic heterocycles. The number of aryl methyl sites for hydroxylation is 1. The molecule has 4 heterocycles. The number of nitrogens with two attached hydrogens (primary N) is 1. The van der Waals surface area contributed by atoms with Crippen molar-refractivity contribution in [3.8, 4) is 11.4 Å². The molecule has 31 heavy (non-hydrogen) atoms. The van der Waals surface area contributed by atoms with Crippen LogP contribution in [0.4, 0.5) is 11.8 Å². The number of fused-ring (bicyclic) bond motifs is 2. The molecular weight excluding hydrogens is 392 g/mol. The monoisotopic (exact) mass is 414 g/mol. The van der Waals surface area contributed by atoms with Gasteiger partial charge in [0.2, 0.25) is 5.95 Å². The summed E-state index contributed by atoms with van der Waals surface area (Å²) >= 11 is 0. The molecule has 9 heteroatoms. The van der Waals surface area contributed by atoms with Gasteiger partial charge < -0.3 is 19.9 Å². The van der Waals surface area contributed by atoms with Crippen LogP contribution in [-0.2, 0) is 11.2 Å². The molecule has 1 saturated heterocycles. The normalized spacial score (nSPS) is 18.5. The number of aromatic nitrogens is 6. The third-order valence-corrected chi connectivity index (χ3v) is 6.05. The van der Waals surface area contributed by atoms with Gasteiger partial charge in [0.15, 0.2) is 5.65 Å². The maximum absolute atomic E-state index is 5.75. The summed E-state index contributed by atoms with van der Waals surface area (Å²) in [6.07, 6.45) is 7.15. The molecular formula is C22H22N8O. The molecule has 0 saturated carbocycles. The lowest BCUT2D eigenvalue weighted by atomic mass is 10.1. The lowest BCUT2D eigenvalue weighted by Crippen LogP contribution is -2.37. The minimum atomic E-state index is 0.207. The van der Waals surface area contributed by atoms with E-state index >= 15 is 0 Å². The van der Waals surface area contributed by atoms with Gasteiger partial charge in [0, 0.05) is 13.1 Å². The van der Waals surface area contributed by atoms with Gasteiger partial charge in [-0.05, 0) is 24.0 Å². The first kappa shape index (κ1) is 18.2. The van der Waals surface area contributed by atoms with Crippen LogP contribution in [0.2, 0.25) is 0 Å². The molecule has 0 bridgehead atoms. The fourth-order valence-corrected chi connectivity index (χ4v) is 4.50. The van der Waals surface area contributed by atoms with Gasteiger partial charge in [-0.3, -0.25) is 0 Å². The van der Waals surface area contributed by atoms with Gasteiger partial charge in [-0.15, -0.1) is 0 Å². The van der Waals surface area contributed by atoms with E-state index in [1.165, 1.54) is 11.1 Å². The van der Waals surface area contributed by atoms with Crippen LogP contribution in [0.3, 0.4) is 0 Å². The lowest BCUT2D eigenvalue weighted by Gasteiger charge is -2.27. The highest BCUT2D eigenvalue weighted by atomic mass is 16.5. The molecule has 0 radical (unpaired) electrons. The standard InChI is InChI=1S/C22H22N8O/c23-18-12-24-16(11-25-18)19-20-21(28-22(27-19)29-7-9-31-10-8-29)30(13-26-20)17-6-5-14-3-1-2-4-15(14)17/h1-4,11-13,17H,5-10H2,(H2,23,25). The van der Waals surface area contributed by atoms with Crippen LogP contribution in [-0.4, -0.2) is 55.8 Å². The molecule has 0 spiro atoms. The highest BCUT2D eigenvalue weighted by Gasteiger charge is 2.27. The molecule has 6 rings (SSSR count). The van der Waals surface area contributed by atoms with Crippen LogP contribution < -0.4 is 10.6 Å². The number of hydrogen-bond donors (Lipinski definition) is 1. The summed E-state index contributed by atoms with van der Waals surface area (Å²) < 4.78 is 7.70. The number of morpholine rings is 1. The number of imidazole rings is 1. The van der Waals surface area contributed by atoms with Gasteiger partial charge in [0.1, 0.15) is 22.7 Å². The first-order valence-electron chi connectivity index (χ1n) is 10.5. The molecule has 156 valence electrons. The van der Waals surface area contributed by atoms with Gasteiger partial charge in [-0.25, -0.2) is 19.9 Å². The lowest BCUT2D eigenvalue weighted by molar-refractivity contribution is 0.122. The van der Waals surface area contributed by atoms with Crippen LogP contribution >= 0.6 is 0 Å². The highest BCUT2D eigenvalue weighted by Crippen LogP contribution is 2.37. The number of anilines is 2. The minimum Gasteiger partial charge on any atom is -0.382 e. The average Bonchev–Trinajstić information content (AvgIpc) is 3.43. The predicted octanol–water partition coefficient (Wildman–Crippen LogP) is 2.24. The Hall–Kier alpha value is -3.59. The van der Waals surface area contributed by atoms with Crippen molar-refractivity contribution in [2.24, 2.45) is 0 Å². The Morgan fingerprint density at radius 2 is 1.87 bits per heavy atom. The molecule has 1 aromatic carbocycles. The van der Waals surface area contributed by atoms with E-state index in [4.69, 9.17) is 25.4 Å². The number of nitrogen functional groups attached to an aromatic ring is 1. The van der Waals surface area contributed by atoms with E-state index < -0.39 is 0 Å². The second-order valence-corrected chi connectivity index (χ2v) is 7.88. The second-order valence-electron chi connectivity index (χ2n) is 7.88. The van der Waals surface area contributed by atoms with Gasteiger partial charge >= 0.3 is 0 Å². The van der Waals surface area contributed by atoms with Crippen molar-refractivity contribution in [1.29, 1.82) is 0 Å². The van der Waals surface area contributed by atoms with Crippen molar-refractivity contribution in [3.05, 3.63) is 54.1 Å². The first-order chi connectivity index (χ1) is 15.3. The van der Waals surface area contributed by atoms with E-state index in [1.807, 2.05) is 6.33 Å². The smallest absolute Gasteiger partial charge is 0.228 e. The summed E-state index contributed by atoms with van der Waals surface area (Å²) in [5, 5.41) is 0. The second kappa shape index (κ2) is 7.28. The Morgan fingerprint density at radius 3 is 2.71 bits per heavy atom. The Kier molecular flexibility index (Phi) is 4.27. The van der Waals surface area contributed by atoms with E-state index in [1.54, 1.807) is 12.4 Å². The Labute approximate surface area is 179 Å². The Bertz CT molecular complexity index is 1250. The molecule has 0 amide bonds. The van der Waals surface area contributed by atoms with Crippen LogP contribution in [0.25, 0.3) is 22.6 Å².